The van der Waals surface area contributed by atoms with Gasteiger partial charge in [-0.15, -0.1) is 24.8 Å². The van der Waals surface area contributed by atoms with Crippen LogP contribution in [0, 0.1) is 0 Å². The van der Waals surface area contributed by atoms with Gasteiger partial charge in [0.15, 0.2) is 0 Å². The molecule has 5 heteroatoms. The Balaban J connectivity index is 0.000000980. The van der Waals surface area contributed by atoms with E-state index in [0.717, 1.165) is 18.5 Å². The predicted molar refractivity (Wildman–Crippen MR) is 64.6 cm³/mol. The van der Waals surface area contributed by atoms with Gasteiger partial charge in [0.05, 0.1) is 0 Å². The van der Waals surface area contributed by atoms with Crippen molar-refractivity contribution in [2.45, 2.75) is 12.5 Å². The van der Waals surface area contributed by atoms with E-state index in [9.17, 15) is 4.79 Å². The minimum Gasteiger partial charge on any atom is -0.368 e. The molecule has 1 atom stereocenters. The quantitative estimate of drug-likeness (QED) is 0.785. The van der Waals surface area contributed by atoms with Crippen LogP contribution in [0.4, 0.5) is 0 Å². The number of benzene rings is 1. The minimum atomic E-state index is -0.301. The largest absolute Gasteiger partial charge is 0.368 e. The topological polar surface area (TPSA) is 55.1 Å². The summed E-state index contributed by atoms with van der Waals surface area (Å²) in [4.78, 5) is 11.1. The van der Waals surface area contributed by atoms with Crippen molar-refractivity contribution >= 4 is 30.7 Å². The predicted octanol–water partition coefficient (Wildman–Crippen LogP) is 1.20. The monoisotopic (exact) mass is 248 g/mol. The highest BCUT2D eigenvalue weighted by Gasteiger charge is 2.22. The van der Waals surface area contributed by atoms with Gasteiger partial charge in [0, 0.05) is 6.54 Å². The lowest BCUT2D eigenvalue weighted by Gasteiger charge is -2.24. The molecular formula is C10H14Cl2N2O. The smallest absolute Gasteiger partial charge is 0.239 e. The average molecular weight is 249 g/mol. The van der Waals surface area contributed by atoms with Crippen molar-refractivity contribution in [3.63, 3.8) is 0 Å². The van der Waals surface area contributed by atoms with Crippen LogP contribution in [0.5, 0.6) is 0 Å². The van der Waals surface area contributed by atoms with Crippen molar-refractivity contribution in [1.82, 2.24) is 5.32 Å². The van der Waals surface area contributed by atoms with Gasteiger partial charge in [-0.1, -0.05) is 24.3 Å². The Hall–Kier alpha value is -0.770. The van der Waals surface area contributed by atoms with Gasteiger partial charge in [-0.3, -0.25) is 4.79 Å². The van der Waals surface area contributed by atoms with Crippen LogP contribution in [-0.2, 0) is 11.2 Å². The van der Waals surface area contributed by atoms with E-state index < -0.39 is 0 Å². The van der Waals surface area contributed by atoms with E-state index in [2.05, 4.69) is 5.32 Å². The van der Waals surface area contributed by atoms with Crippen LogP contribution in [0.2, 0.25) is 0 Å². The SMILES string of the molecule is Cl.Cl.NC(=O)C1NCCc2ccccc21. The van der Waals surface area contributed by atoms with Crippen LogP contribution in [0.3, 0.4) is 0 Å². The molecule has 15 heavy (non-hydrogen) atoms. The Morgan fingerprint density at radius 3 is 2.67 bits per heavy atom. The summed E-state index contributed by atoms with van der Waals surface area (Å²) in [5, 5.41) is 3.10. The summed E-state index contributed by atoms with van der Waals surface area (Å²) >= 11 is 0. The maximum Gasteiger partial charge on any atom is 0.239 e. The molecular weight excluding hydrogens is 235 g/mol. The van der Waals surface area contributed by atoms with Crippen LogP contribution >= 0.6 is 24.8 Å². The molecule has 1 aromatic rings. The van der Waals surface area contributed by atoms with E-state index in [1.807, 2.05) is 24.3 Å². The lowest BCUT2D eigenvalue weighted by molar-refractivity contribution is -0.120. The third kappa shape index (κ3) is 2.84. The Bertz CT molecular complexity index is 344. The first kappa shape index (κ1) is 14.2. The highest BCUT2D eigenvalue weighted by molar-refractivity contribution is 5.85. The van der Waals surface area contributed by atoms with Crippen molar-refractivity contribution in [3.05, 3.63) is 35.4 Å². The van der Waals surface area contributed by atoms with Crippen molar-refractivity contribution in [2.75, 3.05) is 6.54 Å². The normalized spacial score (nSPS) is 18.0. The number of nitrogens with one attached hydrogen (secondary N) is 1. The zero-order valence-electron chi connectivity index (χ0n) is 8.10. The highest BCUT2D eigenvalue weighted by atomic mass is 35.5. The van der Waals surface area contributed by atoms with E-state index in [1.54, 1.807) is 0 Å². The second-order valence-corrected chi connectivity index (χ2v) is 3.24. The molecule has 1 aliphatic heterocycles. The van der Waals surface area contributed by atoms with E-state index in [-0.39, 0.29) is 36.8 Å². The summed E-state index contributed by atoms with van der Waals surface area (Å²) in [7, 11) is 0. The number of carbonyl (C=O) groups is 1. The Morgan fingerprint density at radius 1 is 1.33 bits per heavy atom. The highest BCUT2D eigenvalue weighted by Crippen LogP contribution is 2.21. The molecule has 0 fully saturated rings. The van der Waals surface area contributed by atoms with Crippen LogP contribution in [0.1, 0.15) is 17.2 Å². The maximum atomic E-state index is 11.1. The molecule has 1 unspecified atom stereocenters. The molecule has 0 spiro atoms. The van der Waals surface area contributed by atoms with Crippen molar-refractivity contribution in [1.29, 1.82) is 0 Å². The third-order valence-electron chi connectivity index (χ3n) is 2.39. The number of amides is 1. The molecule has 0 saturated heterocycles. The fourth-order valence-corrected chi connectivity index (χ4v) is 1.76. The number of fused-ring (bicyclic) bond motifs is 1. The molecule has 0 bridgehead atoms. The van der Waals surface area contributed by atoms with E-state index in [1.165, 1.54) is 5.56 Å². The molecule has 2 rings (SSSR count). The van der Waals surface area contributed by atoms with Gasteiger partial charge in [0.25, 0.3) is 0 Å². The van der Waals surface area contributed by atoms with Gasteiger partial charge in [-0.25, -0.2) is 0 Å². The van der Waals surface area contributed by atoms with Gasteiger partial charge in [0.2, 0.25) is 5.91 Å². The fourth-order valence-electron chi connectivity index (χ4n) is 1.76. The zero-order chi connectivity index (χ0) is 9.26. The number of carbonyl (C=O) groups excluding carboxylic acids is 1. The molecule has 0 aromatic heterocycles. The molecule has 3 nitrogen and oxygen atoms in total. The lowest BCUT2D eigenvalue weighted by Crippen LogP contribution is -2.38. The standard InChI is InChI=1S/C10H12N2O.2ClH/c11-10(13)9-8-4-2-1-3-7(8)5-6-12-9;;/h1-4,9,12H,5-6H2,(H2,11,13);2*1H. The van der Waals surface area contributed by atoms with Crippen molar-refractivity contribution in [3.8, 4) is 0 Å². The molecule has 0 saturated carbocycles. The van der Waals surface area contributed by atoms with Gasteiger partial charge >= 0.3 is 0 Å². The first-order valence-corrected chi connectivity index (χ1v) is 4.39. The summed E-state index contributed by atoms with van der Waals surface area (Å²) in [5.74, 6) is -0.299. The van der Waals surface area contributed by atoms with Gasteiger partial charge < -0.3 is 11.1 Å². The van der Waals surface area contributed by atoms with Gasteiger partial charge in [0.1, 0.15) is 6.04 Å². The van der Waals surface area contributed by atoms with Crippen molar-refractivity contribution < 1.29 is 4.79 Å². The number of primary amides is 1. The molecule has 3 N–H and O–H groups in total. The van der Waals surface area contributed by atoms with Crippen LogP contribution in [0.15, 0.2) is 24.3 Å². The Kier molecular flexibility index (Phi) is 5.65. The first-order chi connectivity index (χ1) is 6.29. The molecule has 84 valence electrons. The number of hydrogen-bond donors (Lipinski definition) is 2. The second kappa shape index (κ2) is 5.95. The number of halogens is 2. The Morgan fingerprint density at radius 2 is 2.00 bits per heavy atom. The van der Waals surface area contributed by atoms with Crippen molar-refractivity contribution in [2.24, 2.45) is 5.73 Å². The summed E-state index contributed by atoms with van der Waals surface area (Å²) in [5.41, 5.74) is 7.54. The van der Waals surface area contributed by atoms with E-state index >= 15 is 0 Å². The zero-order valence-corrected chi connectivity index (χ0v) is 9.74. The number of nitrogens with two attached hydrogens (primary N) is 1. The van der Waals surface area contributed by atoms with Crippen LogP contribution in [0.25, 0.3) is 0 Å². The third-order valence-corrected chi connectivity index (χ3v) is 2.39. The summed E-state index contributed by atoms with van der Waals surface area (Å²) in [6.07, 6.45) is 0.972. The number of hydrogen-bond acceptors (Lipinski definition) is 2. The first-order valence-electron chi connectivity index (χ1n) is 4.39. The van der Waals surface area contributed by atoms with E-state index in [4.69, 9.17) is 5.73 Å². The summed E-state index contributed by atoms with van der Waals surface area (Å²) < 4.78 is 0. The second-order valence-electron chi connectivity index (χ2n) is 3.24. The lowest BCUT2D eigenvalue weighted by atomic mass is 9.94. The van der Waals surface area contributed by atoms with Gasteiger partial charge in [-0.05, 0) is 17.5 Å². The minimum absolute atomic E-state index is 0. The molecule has 0 radical (unpaired) electrons. The molecule has 1 aromatic carbocycles. The number of rotatable bonds is 1. The molecule has 0 aliphatic carbocycles. The van der Waals surface area contributed by atoms with Crippen LogP contribution in [-0.4, -0.2) is 12.5 Å². The molecule has 1 aliphatic rings. The molecule has 1 heterocycles. The Labute approximate surface area is 101 Å². The van der Waals surface area contributed by atoms with E-state index in [0.29, 0.717) is 0 Å². The summed E-state index contributed by atoms with van der Waals surface area (Å²) in [6.45, 7) is 0.824. The van der Waals surface area contributed by atoms with Crippen LogP contribution < -0.4 is 11.1 Å². The van der Waals surface area contributed by atoms with Gasteiger partial charge in [-0.2, -0.15) is 0 Å². The fraction of sp³-hybridized carbons (Fsp3) is 0.300. The molecule has 1 amide bonds. The average Bonchev–Trinajstić information content (AvgIpc) is 2.17. The summed E-state index contributed by atoms with van der Waals surface area (Å²) in [6, 6.07) is 7.62. The maximum absolute atomic E-state index is 11.1.